The molecule has 1 aromatic carbocycles. The summed E-state index contributed by atoms with van der Waals surface area (Å²) >= 11 is 0. The van der Waals surface area contributed by atoms with E-state index in [0.717, 1.165) is 0 Å². The Bertz CT molecular complexity index is 349. The van der Waals surface area contributed by atoms with Crippen LogP contribution in [0, 0.1) is 6.07 Å². The smallest absolute Gasteiger partial charge is 0.200 e. The molecule has 3 heteroatoms. The molecule has 0 bridgehead atoms. The SMILES string of the molecule is CC(C)(C)Oc1c[c]cc(OC(C)(C)C)c1O. The van der Waals surface area contributed by atoms with Crippen LogP contribution in [0.15, 0.2) is 12.1 Å². The molecule has 0 aromatic heterocycles. The zero-order valence-electron chi connectivity index (χ0n) is 11.4. The fourth-order valence-electron chi connectivity index (χ4n) is 1.27. The summed E-state index contributed by atoms with van der Waals surface area (Å²) in [7, 11) is 0. The lowest BCUT2D eigenvalue weighted by atomic mass is 10.1. The molecule has 1 radical (unpaired) electrons. The molecule has 3 nitrogen and oxygen atoms in total. The molecule has 17 heavy (non-hydrogen) atoms. The fourth-order valence-corrected chi connectivity index (χ4v) is 1.27. The van der Waals surface area contributed by atoms with Crippen molar-refractivity contribution >= 4 is 0 Å². The van der Waals surface area contributed by atoms with Gasteiger partial charge in [0.05, 0.1) is 0 Å². The van der Waals surface area contributed by atoms with Gasteiger partial charge in [0.25, 0.3) is 0 Å². The topological polar surface area (TPSA) is 38.7 Å². The van der Waals surface area contributed by atoms with Crippen molar-refractivity contribution < 1.29 is 14.6 Å². The van der Waals surface area contributed by atoms with Gasteiger partial charge in [-0.25, -0.2) is 0 Å². The molecule has 0 aliphatic heterocycles. The average molecular weight is 237 g/mol. The molecule has 0 aliphatic carbocycles. The summed E-state index contributed by atoms with van der Waals surface area (Å²) in [5, 5.41) is 10.0. The quantitative estimate of drug-likeness (QED) is 0.855. The third-order valence-corrected chi connectivity index (χ3v) is 1.73. The zero-order chi connectivity index (χ0) is 13.3. The highest BCUT2D eigenvalue weighted by atomic mass is 16.5. The van der Waals surface area contributed by atoms with E-state index in [0.29, 0.717) is 11.5 Å². The summed E-state index contributed by atoms with van der Waals surface area (Å²) in [6, 6.07) is 6.12. The lowest BCUT2D eigenvalue weighted by Gasteiger charge is -2.25. The summed E-state index contributed by atoms with van der Waals surface area (Å²) in [5.41, 5.74) is -0.739. The van der Waals surface area contributed by atoms with E-state index < -0.39 is 0 Å². The van der Waals surface area contributed by atoms with Crippen LogP contribution in [-0.2, 0) is 0 Å². The van der Waals surface area contributed by atoms with Crippen LogP contribution in [0.1, 0.15) is 41.5 Å². The van der Waals surface area contributed by atoms with Gasteiger partial charge in [-0.1, -0.05) is 0 Å². The summed E-state index contributed by atoms with van der Waals surface area (Å²) in [5.74, 6) is 0.798. The molecule has 0 unspecified atom stereocenters. The van der Waals surface area contributed by atoms with Crippen LogP contribution in [0.2, 0.25) is 0 Å². The molecule has 0 amide bonds. The third kappa shape index (κ3) is 4.55. The normalized spacial score (nSPS) is 12.4. The van der Waals surface area contributed by atoms with Crippen molar-refractivity contribution in [2.45, 2.75) is 52.7 Å². The van der Waals surface area contributed by atoms with Crippen LogP contribution in [-0.4, -0.2) is 16.3 Å². The number of phenols is 1. The van der Waals surface area contributed by atoms with Crippen molar-refractivity contribution in [3.8, 4) is 17.2 Å². The molecule has 0 atom stereocenters. The van der Waals surface area contributed by atoms with Crippen LogP contribution >= 0.6 is 0 Å². The first-order chi connectivity index (χ1) is 7.58. The van der Waals surface area contributed by atoms with Crippen LogP contribution in [0.3, 0.4) is 0 Å². The predicted octanol–water partition coefficient (Wildman–Crippen LogP) is 3.55. The van der Waals surface area contributed by atoms with Crippen molar-refractivity contribution in [2.24, 2.45) is 0 Å². The van der Waals surface area contributed by atoms with Crippen molar-refractivity contribution in [1.29, 1.82) is 0 Å². The number of rotatable bonds is 2. The van der Waals surface area contributed by atoms with Crippen LogP contribution < -0.4 is 9.47 Å². The van der Waals surface area contributed by atoms with Gasteiger partial charge in [-0.2, -0.15) is 0 Å². The van der Waals surface area contributed by atoms with E-state index in [1.54, 1.807) is 12.1 Å². The lowest BCUT2D eigenvalue weighted by Crippen LogP contribution is -2.24. The molecule has 0 heterocycles. The Labute approximate surface area is 103 Å². The summed E-state index contributed by atoms with van der Waals surface area (Å²) in [4.78, 5) is 0. The highest BCUT2D eigenvalue weighted by Crippen LogP contribution is 2.38. The maximum absolute atomic E-state index is 10.0. The summed E-state index contributed by atoms with van der Waals surface area (Å²) in [6.07, 6.45) is 0. The molecular formula is C14H21O3. The molecule has 1 N–H and O–H groups in total. The largest absolute Gasteiger partial charge is 0.502 e. The molecule has 0 saturated heterocycles. The van der Waals surface area contributed by atoms with Gasteiger partial charge in [0.1, 0.15) is 11.2 Å². The molecule has 0 spiro atoms. The Morgan fingerprint density at radius 3 is 1.53 bits per heavy atom. The van der Waals surface area contributed by atoms with Gasteiger partial charge in [0, 0.05) is 0 Å². The monoisotopic (exact) mass is 237 g/mol. The van der Waals surface area contributed by atoms with Crippen molar-refractivity contribution in [1.82, 2.24) is 0 Å². The molecule has 0 saturated carbocycles. The number of phenolic OH excluding ortho intramolecular Hbond substituents is 1. The van der Waals surface area contributed by atoms with Gasteiger partial charge in [-0.05, 0) is 59.7 Å². The predicted molar refractivity (Wildman–Crippen MR) is 67.7 cm³/mol. The van der Waals surface area contributed by atoms with Gasteiger partial charge >= 0.3 is 0 Å². The van der Waals surface area contributed by atoms with Gasteiger partial charge in [-0.15, -0.1) is 0 Å². The first-order valence-electron chi connectivity index (χ1n) is 5.69. The van der Waals surface area contributed by atoms with Crippen molar-refractivity contribution in [2.75, 3.05) is 0 Å². The maximum atomic E-state index is 10.0. The summed E-state index contributed by atoms with van der Waals surface area (Å²) in [6.45, 7) is 11.5. The van der Waals surface area contributed by atoms with Crippen LogP contribution in [0.4, 0.5) is 0 Å². The lowest BCUT2D eigenvalue weighted by molar-refractivity contribution is 0.112. The standard InChI is InChI=1S/C14H21O3/c1-13(2,3)16-10-8-7-9-11(12(10)15)17-14(4,5)6/h8-9,15H,1-6H3. The summed E-state index contributed by atoms with van der Waals surface area (Å²) < 4.78 is 11.3. The minimum Gasteiger partial charge on any atom is -0.502 e. The maximum Gasteiger partial charge on any atom is 0.200 e. The number of hydrogen-bond acceptors (Lipinski definition) is 3. The number of hydrogen-bond donors (Lipinski definition) is 1. The molecule has 95 valence electrons. The second-order valence-electron chi connectivity index (χ2n) is 5.96. The van der Waals surface area contributed by atoms with Gasteiger partial charge in [0.2, 0.25) is 5.75 Å². The Kier molecular flexibility index (Phi) is 3.60. The van der Waals surface area contributed by atoms with E-state index in [1.807, 2.05) is 41.5 Å². The Hall–Kier alpha value is -1.38. The number of aromatic hydroxyl groups is 1. The molecule has 0 aliphatic rings. The van der Waals surface area contributed by atoms with E-state index in [4.69, 9.17) is 9.47 Å². The second-order valence-corrected chi connectivity index (χ2v) is 5.96. The molecule has 1 aromatic rings. The van der Waals surface area contributed by atoms with Gasteiger partial charge in [0.15, 0.2) is 11.5 Å². The van der Waals surface area contributed by atoms with Gasteiger partial charge in [-0.3, -0.25) is 0 Å². The average Bonchev–Trinajstić information content (AvgIpc) is 2.07. The Morgan fingerprint density at radius 2 is 1.24 bits per heavy atom. The van der Waals surface area contributed by atoms with E-state index in [9.17, 15) is 5.11 Å². The molecule has 1 rings (SSSR count). The van der Waals surface area contributed by atoms with E-state index >= 15 is 0 Å². The van der Waals surface area contributed by atoms with E-state index in [2.05, 4.69) is 6.07 Å². The Balaban J connectivity index is 3.00. The Morgan fingerprint density at radius 1 is 0.882 bits per heavy atom. The highest BCUT2D eigenvalue weighted by Gasteiger charge is 2.20. The first kappa shape index (κ1) is 13.7. The van der Waals surface area contributed by atoms with Crippen molar-refractivity contribution in [3.05, 3.63) is 18.2 Å². The first-order valence-corrected chi connectivity index (χ1v) is 5.69. The van der Waals surface area contributed by atoms with Crippen molar-refractivity contribution in [3.63, 3.8) is 0 Å². The molecular weight excluding hydrogens is 216 g/mol. The zero-order valence-corrected chi connectivity index (χ0v) is 11.4. The van der Waals surface area contributed by atoms with Crippen LogP contribution in [0.25, 0.3) is 0 Å². The fraction of sp³-hybridized carbons (Fsp3) is 0.571. The molecule has 0 fully saturated rings. The number of benzene rings is 1. The van der Waals surface area contributed by atoms with Gasteiger partial charge < -0.3 is 14.6 Å². The minimum atomic E-state index is -0.369. The number of ether oxygens (including phenoxy) is 2. The second kappa shape index (κ2) is 4.47. The van der Waals surface area contributed by atoms with E-state index in [-0.39, 0.29) is 17.0 Å². The van der Waals surface area contributed by atoms with Crippen LogP contribution in [0.5, 0.6) is 17.2 Å². The highest BCUT2D eigenvalue weighted by molar-refractivity contribution is 5.49. The van der Waals surface area contributed by atoms with E-state index in [1.165, 1.54) is 0 Å². The third-order valence-electron chi connectivity index (χ3n) is 1.73. The minimum absolute atomic E-state index is 0.0219.